The average Bonchev–Trinajstić information content (AvgIpc) is 3.19. The van der Waals surface area contributed by atoms with Gasteiger partial charge in [-0.1, -0.05) is 22.8 Å². The zero-order valence-corrected chi connectivity index (χ0v) is 17.2. The summed E-state index contributed by atoms with van der Waals surface area (Å²) in [4.78, 5) is 23.5. The van der Waals surface area contributed by atoms with Gasteiger partial charge in [0.1, 0.15) is 11.6 Å². The van der Waals surface area contributed by atoms with Crippen LogP contribution in [0.25, 0.3) is 11.4 Å². The number of aryl methyl sites for hydroxylation is 1. The normalized spacial score (nSPS) is 14.7. The Hall–Kier alpha value is -3.00. The fraction of sp³-hybridized carbons (Fsp3) is 0.333. The van der Waals surface area contributed by atoms with E-state index in [0.29, 0.717) is 48.2 Å². The minimum Gasteiger partial charge on any atom is -0.356 e. The molecule has 0 spiro atoms. The molecule has 0 aliphatic carbocycles. The van der Waals surface area contributed by atoms with Crippen LogP contribution in [0.15, 0.2) is 41.1 Å². The van der Waals surface area contributed by atoms with Gasteiger partial charge in [-0.2, -0.15) is 4.98 Å². The zero-order valence-electron chi connectivity index (χ0n) is 16.4. The van der Waals surface area contributed by atoms with Gasteiger partial charge in [-0.25, -0.2) is 9.37 Å². The quantitative estimate of drug-likeness (QED) is 0.664. The van der Waals surface area contributed by atoms with Gasteiger partial charge in [0, 0.05) is 43.7 Å². The smallest absolute Gasteiger partial charge is 0.223 e. The highest BCUT2D eigenvalue weighted by Gasteiger charge is 2.27. The summed E-state index contributed by atoms with van der Waals surface area (Å²) in [5, 5.41) is 7.22. The minimum atomic E-state index is -0.396. The molecule has 1 fully saturated rings. The maximum absolute atomic E-state index is 13.2. The number of rotatable bonds is 5. The third-order valence-electron chi connectivity index (χ3n) is 5.19. The lowest BCUT2D eigenvalue weighted by atomic mass is 9.95. The van der Waals surface area contributed by atoms with Crippen LogP contribution in [0.4, 0.5) is 10.2 Å². The van der Waals surface area contributed by atoms with Crippen molar-refractivity contribution in [3.8, 4) is 11.4 Å². The Morgan fingerprint density at radius 3 is 2.83 bits per heavy atom. The molecule has 0 radical (unpaired) electrons. The van der Waals surface area contributed by atoms with E-state index < -0.39 is 5.82 Å². The summed E-state index contributed by atoms with van der Waals surface area (Å²) < 4.78 is 18.3. The summed E-state index contributed by atoms with van der Waals surface area (Å²) >= 11 is 6.03. The number of hydrogen-bond acceptors (Lipinski definition) is 6. The van der Waals surface area contributed by atoms with E-state index in [4.69, 9.17) is 16.1 Å². The van der Waals surface area contributed by atoms with Crippen molar-refractivity contribution in [1.29, 1.82) is 0 Å². The summed E-state index contributed by atoms with van der Waals surface area (Å²) in [5.41, 5.74) is 1.50. The van der Waals surface area contributed by atoms with Gasteiger partial charge in [-0.15, -0.1) is 0 Å². The molecule has 4 rings (SSSR count). The molecule has 7 nitrogen and oxygen atoms in total. The molecule has 0 atom stereocenters. The van der Waals surface area contributed by atoms with Gasteiger partial charge in [0.15, 0.2) is 0 Å². The molecule has 1 aliphatic rings. The molecule has 9 heteroatoms. The van der Waals surface area contributed by atoms with Crippen LogP contribution in [-0.4, -0.2) is 34.1 Å². The van der Waals surface area contributed by atoms with E-state index in [1.807, 2.05) is 12.1 Å². The summed E-state index contributed by atoms with van der Waals surface area (Å²) in [7, 11) is 0. The van der Waals surface area contributed by atoms with E-state index in [-0.39, 0.29) is 18.4 Å². The Morgan fingerprint density at radius 1 is 1.33 bits per heavy atom. The predicted molar refractivity (Wildman–Crippen MR) is 110 cm³/mol. The van der Waals surface area contributed by atoms with Crippen LogP contribution >= 0.6 is 11.6 Å². The number of halogens is 2. The number of benzene rings is 1. The molecule has 3 aromatic rings. The van der Waals surface area contributed by atoms with Crippen LogP contribution in [0.1, 0.15) is 24.3 Å². The second kappa shape index (κ2) is 8.79. The van der Waals surface area contributed by atoms with Crippen molar-refractivity contribution in [1.82, 2.24) is 20.4 Å². The van der Waals surface area contributed by atoms with Crippen LogP contribution in [0.3, 0.4) is 0 Å². The Labute approximate surface area is 178 Å². The van der Waals surface area contributed by atoms with E-state index in [1.165, 1.54) is 12.1 Å². The Balaban J connectivity index is 1.37. The van der Waals surface area contributed by atoms with E-state index in [1.54, 1.807) is 19.2 Å². The van der Waals surface area contributed by atoms with Gasteiger partial charge in [-0.3, -0.25) is 4.79 Å². The monoisotopic (exact) mass is 429 g/mol. The predicted octanol–water partition coefficient (Wildman–Crippen LogP) is 3.77. The van der Waals surface area contributed by atoms with E-state index >= 15 is 0 Å². The number of nitrogens with one attached hydrogen (secondary N) is 1. The van der Waals surface area contributed by atoms with Crippen molar-refractivity contribution in [2.24, 2.45) is 5.92 Å². The third kappa shape index (κ3) is 4.43. The largest absolute Gasteiger partial charge is 0.356 e. The highest BCUT2D eigenvalue weighted by molar-refractivity contribution is 6.31. The molecule has 1 N–H and O–H groups in total. The van der Waals surface area contributed by atoms with Gasteiger partial charge >= 0.3 is 0 Å². The maximum atomic E-state index is 13.2. The number of carbonyl (C=O) groups excluding carboxylic acids is 1. The molecule has 3 heterocycles. The van der Waals surface area contributed by atoms with Gasteiger partial charge in [0.2, 0.25) is 17.6 Å². The van der Waals surface area contributed by atoms with Gasteiger partial charge in [-0.05, 0) is 42.7 Å². The molecule has 1 saturated heterocycles. The lowest BCUT2D eigenvalue weighted by Crippen LogP contribution is -2.40. The first-order valence-corrected chi connectivity index (χ1v) is 10.1. The standard InChI is InChI=1S/C21H21ClFN5O2/c1-13-26-19(27-30-13)17-3-2-8-24-20(17)28-9-6-14(7-10-28)21(29)25-12-15-4-5-16(23)11-18(15)22/h2-5,8,11,14H,6-7,9-10,12H2,1H3,(H,25,29). The van der Waals surface area contributed by atoms with Gasteiger partial charge in [0.25, 0.3) is 0 Å². The molecule has 2 aromatic heterocycles. The Bertz CT molecular complexity index is 1050. The molecule has 30 heavy (non-hydrogen) atoms. The second-order valence-electron chi connectivity index (χ2n) is 7.23. The lowest BCUT2D eigenvalue weighted by Gasteiger charge is -2.33. The molecule has 0 unspecified atom stereocenters. The van der Waals surface area contributed by atoms with Gasteiger partial charge in [0.05, 0.1) is 5.56 Å². The van der Waals surface area contributed by atoms with Crippen LogP contribution in [-0.2, 0) is 11.3 Å². The first kappa shape index (κ1) is 20.3. The SMILES string of the molecule is Cc1nc(-c2cccnc2N2CCC(C(=O)NCc3ccc(F)cc3Cl)CC2)no1. The minimum absolute atomic E-state index is 0.0231. The van der Waals surface area contributed by atoms with Crippen molar-refractivity contribution in [3.05, 3.63) is 58.8 Å². The van der Waals surface area contributed by atoms with Crippen molar-refractivity contribution in [2.75, 3.05) is 18.0 Å². The summed E-state index contributed by atoms with van der Waals surface area (Å²) in [6, 6.07) is 7.92. The van der Waals surface area contributed by atoms with Crippen molar-refractivity contribution < 1.29 is 13.7 Å². The third-order valence-corrected chi connectivity index (χ3v) is 5.54. The number of anilines is 1. The topological polar surface area (TPSA) is 84.2 Å². The van der Waals surface area contributed by atoms with Crippen molar-refractivity contribution in [3.63, 3.8) is 0 Å². The number of nitrogens with zero attached hydrogens (tertiary/aromatic N) is 4. The number of aromatic nitrogens is 3. The molecule has 0 saturated carbocycles. The number of pyridine rings is 1. The highest BCUT2D eigenvalue weighted by Crippen LogP contribution is 2.30. The molecule has 1 aliphatic heterocycles. The number of carbonyl (C=O) groups is 1. The lowest BCUT2D eigenvalue weighted by molar-refractivity contribution is -0.125. The number of amides is 1. The molecule has 0 bridgehead atoms. The molecule has 1 amide bonds. The van der Waals surface area contributed by atoms with Crippen LogP contribution in [0, 0.1) is 18.7 Å². The number of hydrogen-bond donors (Lipinski definition) is 1. The molecule has 1 aromatic carbocycles. The fourth-order valence-electron chi connectivity index (χ4n) is 3.58. The van der Waals surface area contributed by atoms with Crippen LogP contribution < -0.4 is 10.2 Å². The summed E-state index contributed by atoms with van der Waals surface area (Å²) in [5.74, 6) is 1.27. The average molecular weight is 430 g/mol. The fourth-order valence-corrected chi connectivity index (χ4v) is 3.81. The first-order valence-electron chi connectivity index (χ1n) is 9.73. The van der Waals surface area contributed by atoms with E-state index in [2.05, 4.69) is 25.3 Å². The number of piperidine rings is 1. The Morgan fingerprint density at radius 2 is 2.13 bits per heavy atom. The van der Waals surface area contributed by atoms with Crippen LogP contribution in [0.2, 0.25) is 5.02 Å². The van der Waals surface area contributed by atoms with E-state index in [9.17, 15) is 9.18 Å². The zero-order chi connectivity index (χ0) is 21.1. The maximum Gasteiger partial charge on any atom is 0.223 e. The van der Waals surface area contributed by atoms with Gasteiger partial charge < -0.3 is 14.7 Å². The summed E-state index contributed by atoms with van der Waals surface area (Å²) in [6.45, 7) is 3.40. The Kier molecular flexibility index (Phi) is 5.94. The first-order chi connectivity index (χ1) is 14.5. The van der Waals surface area contributed by atoms with Crippen molar-refractivity contribution in [2.45, 2.75) is 26.3 Å². The summed E-state index contributed by atoms with van der Waals surface area (Å²) in [6.07, 6.45) is 3.13. The van der Waals surface area contributed by atoms with Crippen LogP contribution in [0.5, 0.6) is 0 Å². The highest BCUT2D eigenvalue weighted by atomic mass is 35.5. The molecular weight excluding hydrogens is 409 g/mol. The molecular formula is C21H21ClFN5O2. The second-order valence-corrected chi connectivity index (χ2v) is 7.63. The molecule has 156 valence electrons. The van der Waals surface area contributed by atoms with E-state index in [0.717, 1.165) is 11.4 Å². The van der Waals surface area contributed by atoms with Crippen molar-refractivity contribution >= 4 is 23.3 Å².